The molecular weight excluding hydrogens is 280 g/mol. The molecule has 0 atom stereocenters. The van der Waals surface area contributed by atoms with Crippen LogP contribution in [0.15, 0.2) is 18.3 Å². The molecule has 1 aliphatic heterocycles. The lowest BCUT2D eigenvalue weighted by atomic mass is 9.93. The molecule has 6 heteroatoms. The number of piperidine rings is 1. The van der Waals surface area contributed by atoms with Crippen LogP contribution >= 0.6 is 0 Å². The summed E-state index contributed by atoms with van der Waals surface area (Å²) in [5.74, 6) is 1.06. The molecule has 1 fully saturated rings. The van der Waals surface area contributed by atoms with Gasteiger partial charge in [0.05, 0.1) is 7.11 Å². The third-order valence-corrected chi connectivity index (χ3v) is 4.44. The topological polar surface area (TPSA) is 59.7 Å². The number of carbonyl (C=O) groups excluding carboxylic acids is 1. The number of likely N-dealkylation sites (tertiary alicyclic amines) is 1. The smallest absolute Gasteiger partial charge is 0.341 e. The number of carbonyl (C=O) groups is 1. The largest absolute Gasteiger partial charge is 0.465 e. The van der Waals surface area contributed by atoms with Crippen LogP contribution in [0.3, 0.4) is 0 Å². The van der Waals surface area contributed by atoms with Crippen molar-refractivity contribution in [3.63, 3.8) is 0 Å². The maximum absolute atomic E-state index is 11.8. The quantitative estimate of drug-likeness (QED) is 0.806. The van der Waals surface area contributed by atoms with Crippen LogP contribution in [0.1, 0.15) is 35.9 Å². The molecule has 0 bridgehead atoms. The van der Waals surface area contributed by atoms with E-state index in [9.17, 15) is 4.79 Å². The van der Waals surface area contributed by atoms with E-state index in [-0.39, 0.29) is 5.97 Å². The molecule has 1 saturated heterocycles. The minimum atomic E-state index is -0.374. The summed E-state index contributed by atoms with van der Waals surface area (Å²) >= 11 is 0. The van der Waals surface area contributed by atoms with Gasteiger partial charge in [-0.15, -0.1) is 0 Å². The number of rotatable bonds is 4. The van der Waals surface area contributed by atoms with E-state index < -0.39 is 0 Å². The molecule has 0 amide bonds. The zero-order valence-electron chi connectivity index (χ0n) is 13.2. The first-order chi connectivity index (χ1) is 10.7. The Balaban J connectivity index is 1.77. The van der Waals surface area contributed by atoms with E-state index in [0.717, 1.165) is 31.9 Å². The fraction of sp³-hybridized carbons (Fsp3) is 0.562. The van der Waals surface area contributed by atoms with Crippen LogP contribution in [-0.4, -0.2) is 52.2 Å². The highest BCUT2D eigenvalue weighted by Gasteiger charge is 2.21. The van der Waals surface area contributed by atoms with Gasteiger partial charge in [-0.25, -0.2) is 14.3 Å². The first-order valence-corrected chi connectivity index (χ1v) is 7.86. The number of pyridine rings is 1. The molecule has 1 aliphatic rings. The Kier molecular flexibility index (Phi) is 4.38. The first kappa shape index (κ1) is 15.0. The van der Waals surface area contributed by atoms with Crippen LogP contribution in [-0.2, 0) is 11.2 Å². The van der Waals surface area contributed by atoms with Crippen molar-refractivity contribution in [2.24, 2.45) is 5.92 Å². The fourth-order valence-electron chi connectivity index (χ4n) is 3.07. The van der Waals surface area contributed by atoms with Crippen molar-refractivity contribution in [2.75, 3.05) is 26.7 Å². The lowest BCUT2D eigenvalue weighted by molar-refractivity contribution is 0.0602. The van der Waals surface area contributed by atoms with Crippen LogP contribution in [0.4, 0.5) is 0 Å². The molecule has 118 valence electrons. The van der Waals surface area contributed by atoms with Crippen molar-refractivity contribution in [1.82, 2.24) is 19.5 Å². The van der Waals surface area contributed by atoms with Gasteiger partial charge >= 0.3 is 5.97 Å². The van der Waals surface area contributed by atoms with Gasteiger partial charge in [0, 0.05) is 12.6 Å². The van der Waals surface area contributed by atoms with Crippen LogP contribution < -0.4 is 0 Å². The molecule has 22 heavy (non-hydrogen) atoms. The highest BCUT2D eigenvalue weighted by atomic mass is 16.5. The van der Waals surface area contributed by atoms with Crippen LogP contribution in [0.5, 0.6) is 0 Å². The summed E-state index contributed by atoms with van der Waals surface area (Å²) < 4.78 is 6.47. The molecule has 0 saturated carbocycles. The average Bonchev–Trinajstić information content (AvgIpc) is 2.97. The van der Waals surface area contributed by atoms with Gasteiger partial charge in [0.1, 0.15) is 5.56 Å². The first-order valence-electron chi connectivity index (χ1n) is 7.86. The molecule has 0 radical (unpaired) electrons. The summed E-state index contributed by atoms with van der Waals surface area (Å²) in [6.45, 7) is 5.64. The van der Waals surface area contributed by atoms with E-state index in [2.05, 4.69) is 21.9 Å². The Morgan fingerprint density at radius 1 is 1.41 bits per heavy atom. The number of methoxy groups -OCH3 is 1. The number of hydrogen-bond donors (Lipinski definition) is 0. The van der Waals surface area contributed by atoms with E-state index in [4.69, 9.17) is 4.74 Å². The van der Waals surface area contributed by atoms with E-state index in [1.165, 1.54) is 20.0 Å². The maximum Gasteiger partial charge on any atom is 0.341 e. The Hall–Kier alpha value is -1.95. The predicted molar refractivity (Wildman–Crippen MR) is 82.9 cm³/mol. The van der Waals surface area contributed by atoms with E-state index in [1.807, 2.05) is 6.20 Å². The average molecular weight is 302 g/mol. The van der Waals surface area contributed by atoms with E-state index in [0.29, 0.717) is 17.1 Å². The SMILES string of the molecule is CCN1CCC(Cc2nc3c(C(=O)OC)cccn3n2)CC1. The van der Waals surface area contributed by atoms with Gasteiger partial charge in [0.15, 0.2) is 11.5 Å². The highest BCUT2D eigenvalue weighted by molar-refractivity contribution is 5.95. The molecular formula is C16H22N4O2. The summed E-state index contributed by atoms with van der Waals surface area (Å²) in [6.07, 6.45) is 5.07. The summed E-state index contributed by atoms with van der Waals surface area (Å²) in [6, 6.07) is 3.51. The zero-order chi connectivity index (χ0) is 15.5. The van der Waals surface area contributed by atoms with Gasteiger partial charge in [0.25, 0.3) is 0 Å². The third-order valence-electron chi connectivity index (χ3n) is 4.44. The summed E-state index contributed by atoms with van der Waals surface area (Å²) in [4.78, 5) is 18.8. The zero-order valence-corrected chi connectivity index (χ0v) is 13.2. The lowest BCUT2D eigenvalue weighted by Gasteiger charge is -2.30. The summed E-state index contributed by atoms with van der Waals surface area (Å²) in [7, 11) is 1.38. The monoisotopic (exact) mass is 302 g/mol. The van der Waals surface area contributed by atoms with Crippen molar-refractivity contribution in [2.45, 2.75) is 26.2 Å². The van der Waals surface area contributed by atoms with Gasteiger partial charge in [-0.1, -0.05) is 6.92 Å². The highest BCUT2D eigenvalue weighted by Crippen LogP contribution is 2.21. The molecule has 2 aromatic rings. The third kappa shape index (κ3) is 2.97. The molecule has 6 nitrogen and oxygen atoms in total. The number of hydrogen-bond acceptors (Lipinski definition) is 5. The van der Waals surface area contributed by atoms with E-state index >= 15 is 0 Å². The van der Waals surface area contributed by atoms with Gasteiger partial charge in [-0.05, 0) is 50.5 Å². The van der Waals surface area contributed by atoms with Crippen molar-refractivity contribution < 1.29 is 9.53 Å². The number of ether oxygens (including phenoxy) is 1. The summed E-state index contributed by atoms with van der Waals surface area (Å²) in [5, 5.41) is 4.51. The molecule has 0 aliphatic carbocycles. The Morgan fingerprint density at radius 2 is 2.18 bits per heavy atom. The molecule has 2 aromatic heterocycles. The lowest BCUT2D eigenvalue weighted by Crippen LogP contribution is -2.34. The summed E-state index contributed by atoms with van der Waals surface area (Å²) in [5.41, 5.74) is 1.04. The molecule has 3 rings (SSSR count). The fourth-order valence-corrected chi connectivity index (χ4v) is 3.07. The van der Waals surface area contributed by atoms with E-state index in [1.54, 1.807) is 16.6 Å². The van der Waals surface area contributed by atoms with Gasteiger partial charge in [0.2, 0.25) is 0 Å². The number of aromatic nitrogens is 3. The second-order valence-corrected chi connectivity index (χ2v) is 5.79. The molecule has 0 spiro atoms. The second-order valence-electron chi connectivity index (χ2n) is 5.79. The molecule has 0 N–H and O–H groups in total. The van der Waals surface area contributed by atoms with Crippen LogP contribution in [0.25, 0.3) is 5.65 Å². The standard InChI is InChI=1S/C16H22N4O2/c1-3-19-9-6-12(7-10-19)11-14-17-15-13(16(21)22-2)5-4-8-20(15)18-14/h4-5,8,12H,3,6-7,9-11H2,1-2H3. The Bertz CT molecular complexity index is 659. The number of nitrogens with zero attached hydrogens (tertiary/aromatic N) is 4. The molecule has 3 heterocycles. The van der Waals surface area contributed by atoms with Gasteiger partial charge < -0.3 is 9.64 Å². The normalized spacial score (nSPS) is 17.0. The number of fused-ring (bicyclic) bond motifs is 1. The van der Waals surface area contributed by atoms with Crippen molar-refractivity contribution in [3.8, 4) is 0 Å². The van der Waals surface area contributed by atoms with Crippen LogP contribution in [0, 0.1) is 5.92 Å². The minimum Gasteiger partial charge on any atom is -0.465 e. The van der Waals surface area contributed by atoms with Gasteiger partial charge in [-0.3, -0.25) is 0 Å². The van der Waals surface area contributed by atoms with Crippen molar-refractivity contribution in [3.05, 3.63) is 29.7 Å². The number of esters is 1. The Labute approximate surface area is 130 Å². The molecule has 0 aromatic carbocycles. The Morgan fingerprint density at radius 3 is 2.86 bits per heavy atom. The van der Waals surface area contributed by atoms with Gasteiger partial charge in [-0.2, -0.15) is 5.10 Å². The van der Waals surface area contributed by atoms with Crippen LogP contribution in [0.2, 0.25) is 0 Å². The minimum absolute atomic E-state index is 0.374. The van der Waals surface area contributed by atoms with Crippen molar-refractivity contribution in [1.29, 1.82) is 0 Å². The predicted octanol–water partition coefficient (Wildman–Crippen LogP) is 1.79. The molecule has 0 unspecified atom stereocenters. The van der Waals surface area contributed by atoms with Crippen molar-refractivity contribution >= 4 is 11.6 Å². The second kappa shape index (κ2) is 6.44. The maximum atomic E-state index is 11.8.